The molecule has 1 aromatic heterocycles. The summed E-state index contributed by atoms with van der Waals surface area (Å²) in [7, 11) is 0. The smallest absolute Gasteiger partial charge is 0.244 e. The lowest BCUT2D eigenvalue weighted by Gasteiger charge is -2.17. The van der Waals surface area contributed by atoms with Crippen LogP contribution >= 0.6 is 11.3 Å². The first-order valence-electron chi connectivity index (χ1n) is 10.1. The van der Waals surface area contributed by atoms with Gasteiger partial charge in [0.1, 0.15) is 0 Å². The zero-order valence-electron chi connectivity index (χ0n) is 17.0. The van der Waals surface area contributed by atoms with Crippen LogP contribution in [0, 0.1) is 5.92 Å². The Morgan fingerprint density at radius 3 is 2.53 bits per heavy atom. The third-order valence-corrected chi connectivity index (χ3v) is 5.73. The van der Waals surface area contributed by atoms with Gasteiger partial charge < -0.3 is 10.6 Å². The predicted octanol–water partition coefficient (Wildman–Crippen LogP) is 3.26. The fraction of sp³-hybridized carbons (Fsp3) is 0.364. The van der Waals surface area contributed by atoms with Gasteiger partial charge in [-0.25, -0.2) is 4.98 Å². The van der Waals surface area contributed by atoms with Crippen LogP contribution in [0.1, 0.15) is 38.3 Å². The number of hydrogen-bond acceptors (Lipinski definition) is 5. The van der Waals surface area contributed by atoms with Gasteiger partial charge in [0.05, 0.1) is 11.4 Å². The van der Waals surface area contributed by atoms with Crippen molar-refractivity contribution in [1.29, 1.82) is 0 Å². The largest absolute Gasteiger partial charge is 0.354 e. The van der Waals surface area contributed by atoms with Crippen LogP contribution in [0.5, 0.6) is 0 Å². The monoisotopic (exact) mass is 426 g/mol. The molecule has 1 aromatic carbocycles. The van der Waals surface area contributed by atoms with Crippen LogP contribution in [-0.4, -0.2) is 35.8 Å². The second-order valence-electron chi connectivity index (χ2n) is 7.14. The van der Waals surface area contributed by atoms with E-state index in [2.05, 4.69) is 15.6 Å². The minimum Gasteiger partial charge on any atom is -0.354 e. The van der Waals surface area contributed by atoms with Gasteiger partial charge in [-0.1, -0.05) is 31.0 Å². The molecule has 0 radical (unpaired) electrons. The van der Waals surface area contributed by atoms with E-state index < -0.39 is 0 Å². The van der Waals surface area contributed by atoms with Gasteiger partial charge in [-0.2, -0.15) is 0 Å². The van der Waals surface area contributed by atoms with E-state index in [1.54, 1.807) is 11.5 Å². The number of nitrogens with one attached hydrogen (secondary N) is 2. The molecule has 0 atom stereocenters. The van der Waals surface area contributed by atoms with E-state index in [-0.39, 0.29) is 23.6 Å². The lowest BCUT2D eigenvalue weighted by Crippen LogP contribution is -2.36. The Kier molecular flexibility index (Phi) is 7.73. The van der Waals surface area contributed by atoms with Crippen molar-refractivity contribution in [2.75, 3.05) is 18.0 Å². The minimum atomic E-state index is -0.258. The molecule has 3 amide bonds. The summed E-state index contributed by atoms with van der Waals surface area (Å²) in [4.78, 5) is 42.0. The molecule has 0 spiro atoms. The maximum absolute atomic E-state index is 12.1. The highest BCUT2D eigenvalue weighted by molar-refractivity contribution is 7.14. The number of nitrogens with zero attached hydrogens (tertiary/aromatic N) is 2. The summed E-state index contributed by atoms with van der Waals surface area (Å²) in [5, 5.41) is 7.95. The molecule has 1 aliphatic carbocycles. The normalized spacial score (nSPS) is 14.0. The van der Waals surface area contributed by atoms with Crippen LogP contribution in [-0.2, 0) is 14.4 Å². The molecule has 1 aliphatic rings. The van der Waals surface area contributed by atoms with Gasteiger partial charge in [0.25, 0.3) is 0 Å². The molecule has 2 N–H and O–H groups in total. The molecule has 7 nitrogen and oxygen atoms in total. The zero-order valence-corrected chi connectivity index (χ0v) is 17.8. The zero-order chi connectivity index (χ0) is 21.3. The highest BCUT2D eigenvalue weighted by atomic mass is 32.1. The highest BCUT2D eigenvalue weighted by Crippen LogP contribution is 2.29. The number of rotatable bonds is 8. The topological polar surface area (TPSA) is 91.4 Å². The van der Waals surface area contributed by atoms with E-state index in [0.717, 1.165) is 31.4 Å². The summed E-state index contributed by atoms with van der Waals surface area (Å²) in [6.45, 7) is 2.28. The second-order valence-corrected chi connectivity index (χ2v) is 7.98. The van der Waals surface area contributed by atoms with E-state index in [0.29, 0.717) is 23.9 Å². The predicted molar refractivity (Wildman–Crippen MR) is 118 cm³/mol. The van der Waals surface area contributed by atoms with E-state index in [1.165, 1.54) is 29.2 Å². The number of aromatic nitrogens is 1. The van der Waals surface area contributed by atoms with Gasteiger partial charge in [-0.05, 0) is 31.1 Å². The fourth-order valence-corrected chi connectivity index (χ4v) is 4.24. The number of carbonyl (C=O) groups is 3. The number of hydrogen-bond donors (Lipinski definition) is 2. The molecule has 0 aliphatic heterocycles. The van der Waals surface area contributed by atoms with Crippen molar-refractivity contribution in [3.05, 3.63) is 47.5 Å². The standard InChI is InChI=1S/C22H26N4O3S/c1-16(27)26(19-9-3-2-4-10-19)22-25-18(15-30-22)11-12-20(28)23-13-14-24-21(29)17-7-5-6-8-17/h2-4,9-12,15,17H,5-8,13-14H2,1H3,(H,23,28)(H,24,29)/b12-11+. The number of para-hydroxylation sites is 1. The molecule has 30 heavy (non-hydrogen) atoms. The van der Waals surface area contributed by atoms with Gasteiger partial charge in [0.2, 0.25) is 17.7 Å². The molecule has 0 unspecified atom stereocenters. The second kappa shape index (κ2) is 10.7. The van der Waals surface area contributed by atoms with Crippen molar-refractivity contribution in [1.82, 2.24) is 15.6 Å². The summed E-state index contributed by atoms with van der Waals surface area (Å²) in [5.74, 6) is -0.180. The molecule has 0 bridgehead atoms. The van der Waals surface area contributed by atoms with E-state index in [1.807, 2.05) is 30.3 Å². The Balaban J connectivity index is 1.48. The Hall–Kier alpha value is -3.00. The number of amides is 3. The SMILES string of the molecule is CC(=O)N(c1ccccc1)c1nc(/C=C/C(=O)NCCNC(=O)C2CCCC2)cs1. The average Bonchev–Trinajstić information content (AvgIpc) is 3.43. The van der Waals surface area contributed by atoms with Crippen LogP contribution in [0.25, 0.3) is 6.08 Å². The molecule has 3 rings (SSSR count). The van der Waals surface area contributed by atoms with Crippen LogP contribution in [0.2, 0.25) is 0 Å². The third-order valence-electron chi connectivity index (χ3n) is 4.89. The van der Waals surface area contributed by atoms with E-state index in [9.17, 15) is 14.4 Å². The first kappa shape index (κ1) is 21.7. The van der Waals surface area contributed by atoms with Crippen LogP contribution in [0.15, 0.2) is 41.8 Å². The molecular weight excluding hydrogens is 400 g/mol. The van der Waals surface area contributed by atoms with Crippen molar-refractivity contribution in [3.63, 3.8) is 0 Å². The molecule has 1 saturated carbocycles. The lowest BCUT2D eigenvalue weighted by atomic mass is 10.1. The van der Waals surface area contributed by atoms with Crippen molar-refractivity contribution in [2.45, 2.75) is 32.6 Å². The minimum absolute atomic E-state index is 0.0840. The van der Waals surface area contributed by atoms with Gasteiger partial charge in [0.15, 0.2) is 5.13 Å². The van der Waals surface area contributed by atoms with Crippen LogP contribution in [0.3, 0.4) is 0 Å². The van der Waals surface area contributed by atoms with Gasteiger partial charge >= 0.3 is 0 Å². The van der Waals surface area contributed by atoms with Crippen LogP contribution < -0.4 is 15.5 Å². The number of thiazole rings is 1. The summed E-state index contributed by atoms with van der Waals surface area (Å²) in [6, 6.07) is 9.30. The summed E-state index contributed by atoms with van der Waals surface area (Å²) in [5.41, 5.74) is 1.34. The number of benzene rings is 1. The van der Waals surface area contributed by atoms with E-state index >= 15 is 0 Å². The summed E-state index contributed by atoms with van der Waals surface area (Å²) >= 11 is 1.33. The van der Waals surface area contributed by atoms with Crippen molar-refractivity contribution >= 4 is 46.0 Å². The summed E-state index contributed by atoms with van der Waals surface area (Å²) < 4.78 is 0. The number of anilines is 2. The molecular formula is C22H26N4O3S. The molecule has 2 aromatic rings. The molecule has 158 valence electrons. The van der Waals surface area contributed by atoms with Gasteiger partial charge in [0, 0.05) is 37.4 Å². The Labute approximate surface area is 180 Å². The maximum atomic E-state index is 12.1. The third kappa shape index (κ3) is 6.00. The maximum Gasteiger partial charge on any atom is 0.244 e. The van der Waals surface area contributed by atoms with Crippen molar-refractivity contribution < 1.29 is 14.4 Å². The van der Waals surface area contributed by atoms with Crippen LogP contribution in [0.4, 0.5) is 10.8 Å². The Morgan fingerprint density at radius 2 is 1.83 bits per heavy atom. The van der Waals surface area contributed by atoms with Gasteiger partial charge in [-0.3, -0.25) is 19.3 Å². The summed E-state index contributed by atoms with van der Waals surface area (Å²) in [6.07, 6.45) is 7.17. The van der Waals surface area contributed by atoms with Crippen molar-refractivity contribution in [2.24, 2.45) is 5.92 Å². The Morgan fingerprint density at radius 1 is 1.13 bits per heavy atom. The highest BCUT2D eigenvalue weighted by Gasteiger charge is 2.22. The average molecular weight is 427 g/mol. The lowest BCUT2D eigenvalue weighted by molar-refractivity contribution is -0.125. The van der Waals surface area contributed by atoms with Gasteiger partial charge in [-0.15, -0.1) is 11.3 Å². The Bertz CT molecular complexity index is 904. The van der Waals surface area contributed by atoms with Crippen molar-refractivity contribution in [3.8, 4) is 0 Å². The fourth-order valence-electron chi connectivity index (χ4n) is 3.38. The first-order chi connectivity index (χ1) is 14.5. The first-order valence-corrected chi connectivity index (χ1v) is 11.0. The van der Waals surface area contributed by atoms with E-state index in [4.69, 9.17) is 0 Å². The molecule has 8 heteroatoms. The molecule has 0 saturated heterocycles. The molecule has 1 fully saturated rings. The molecule has 1 heterocycles. The number of carbonyl (C=O) groups excluding carboxylic acids is 3. The quantitative estimate of drug-likeness (QED) is 0.501.